The van der Waals surface area contributed by atoms with E-state index in [2.05, 4.69) is 28.0 Å². The molecule has 6 nitrogen and oxygen atoms in total. The van der Waals surface area contributed by atoms with Crippen LogP contribution in [0, 0.1) is 0 Å². The maximum Gasteiger partial charge on any atom is 0.307 e. The molecule has 0 aliphatic rings. The average molecular weight is 555 g/mol. The molecule has 0 atom stereocenters. The lowest BCUT2D eigenvalue weighted by Crippen LogP contribution is -2.14. The molecule has 4 aromatic carbocycles. The van der Waals surface area contributed by atoms with Crippen molar-refractivity contribution >= 4 is 56.6 Å². The second-order valence-electron chi connectivity index (χ2n) is 9.85. The minimum atomic E-state index is -0.869. The molecule has 8 heteroatoms. The molecule has 0 aromatic heterocycles. The number of benzene rings is 4. The van der Waals surface area contributed by atoms with Gasteiger partial charge in [0.2, 0.25) is 5.91 Å². The maximum absolute atomic E-state index is 11.1. The number of aliphatic carboxylic acids is 1. The predicted molar refractivity (Wildman–Crippen MR) is 157 cm³/mol. The summed E-state index contributed by atoms with van der Waals surface area (Å²) in [5.74, 6) is -1.24. The van der Waals surface area contributed by atoms with Crippen LogP contribution in [0.15, 0.2) is 60.7 Å². The molecule has 0 aliphatic carbocycles. The lowest BCUT2D eigenvalue weighted by Gasteiger charge is -2.12. The molecule has 0 spiro atoms. The monoisotopic (exact) mass is 553 g/mol. The molecule has 1 amide bonds. The summed E-state index contributed by atoms with van der Waals surface area (Å²) in [6, 6.07) is 19.7. The standard InChI is InChI=1S/C15H17ClN2O.C15H16ClNO2/c1-18(2)9-10-3-5-12-11(7-10)4-6-14(16)13(12)8-15(17)19;1-17(2)9-10-3-5-12-11(7-10)4-6-14(16)13(12)8-15(18)19/h3-7H,8-9H2,1-2H3,(H2,17,19);3-7H,8-9H2,1-2H3,(H,18,19). The highest BCUT2D eigenvalue weighted by atomic mass is 35.5. The zero-order chi connectivity index (χ0) is 28.0. The van der Waals surface area contributed by atoms with Crippen molar-refractivity contribution in [1.82, 2.24) is 9.80 Å². The van der Waals surface area contributed by atoms with Crippen molar-refractivity contribution in [1.29, 1.82) is 0 Å². The summed E-state index contributed by atoms with van der Waals surface area (Å²) in [6.07, 6.45) is 0.117. The highest BCUT2D eigenvalue weighted by Gasteiger charge is 2.11. The van der Waals surface area contributed by atoms with Crippen molar-refractivity contribution in [2.75, 3.05) is 28.2 Å². The molecule has 38 heavy (non-hydrogen) atoms. The number of amides is 1. The number of carboxylic acids is 1. The summed E-state index contributed by atoms with van der Waals surface area (Å²) >= 11 is 12.3. The van der Waals surface area contributed by atoms with Crippen molar-refractivity contribution in [2.45, 2.75) is 25.9 Å². The first kappa shape index (κ1) is 29.4. The van der Waals surface area contributed by atoms with Crippen molar-refractivity contribution in [3.05, 3.63) is 93.0 Å². The molecular formula is C30H33Cl2N3O3. The van der Waals surface area contributed by atoms with Crippen LogP contribution in [-0.4, -0.2) is 55.0 Å². The molecule has 0 unspecified atom stereocenters. The third-order valence-corrected chi connectivity index (χ3v) is 6.66. The lowest BCUT2D eigenvalue weighted by atomic mass is 9.99. The Kier molecular flexibility index (Phi) is 10.1. The number of carbonyl (C=O) groups excluding carboxylic acids is 1. The van der Waals surface area contributed by atoms with Crippen LogP contribution in [-0.2, 0) is 35.5 Å². The van der Waals surface area contributed by atoms with Gasteiger partial charge in [0.1, 0.15) is 0 Å². The normalized spacial score (nSPS) is 11.2. The Hall–Kier alpha value is -3.16. The lowest BCUT2D eigenvalue weighted by molar-refractivity contribution is -0.136. The summed E-state index contributed by atoms with van der Waals surface area (Å²) in [6.45, 7) is 1.73. The predicted octanol–water partition coefficient (Wildman–Crippen LogP) is 5.76. The third-order valence-electron chi connectivity index (χ3n) is 5.95. The van der Waals surface area contributed by atoms with Gasteiger partial charge in [-0.05, 0) is 96.3 Å². The summed E-state index contributed by atoms with van der Waals surface area (Å²) in [5.41, 5.74) is 9.19. The second-order valence-corrected chi connectivity index (χ2v) is 10.7. The summed E-state index contributed by atoms with van der Waals surface area (Å²) in [5, 5.41) is 14.1. The van der Waals surface area contributed by atoms with Gasteiger partial charge < -0.3 is 20.6 Å². The number of fused-ring (bicyclic) bond motifs is 2. The van der Waals surface area contributed by atoms with Crippen molar-refractivity contribution in [3.8, 4) is 0 Å². The first-order valence-corrected chi connectivity index (χ1v) is 12.9. The van der Waals surface area contributed by atoms with E-state index in [1.54, 1.807) is 6.07 Å². The number of halogens is 2. The Morgan fingerprint density at radius 1 is 0.711 bits per heavy atom. The van der Waals surface area contributed by atoms with E-state index in [4.69, 9.17) is 34.0 Å². The summed E-state index contributed by atoms with van der Waals surface area (Å²) in [4.78, 5) is 26.3. The van der Waals surface area contributed by atoms with Gasteiger partial charge in [-0.2, -0.15) is 0 Å². The largest absolute Gasteiger partial charge is 0.481 e. The minimum absolute atomic E-state index is 0.0524. The molecule has 0 saturated carbocycles. The van der Waals surface area contributed by atoms with Gasteiger partial charge in [-0.15, -0.1) is 0 Å². The fourth-order valence-electron chi connectivity index (χ4n) is 4.45. The van der Waals surface area contributed by atoms with Gasteiger partial charge in [-0.25, -0.2) is 0 Å². The van der Waals surface area contributed by atoms with E-state index in [-0.39, 0.29) is 18.7 Å². The van der Waals surface area contributed by atoms with E-state index in [1.807, 2.05) is 64.6 Å². The van der Waals surface area contributed by atoms with Crippen LogP contribution in [0.3, 0.4) is 0 Å². The van der Waals surface area contributed by atoms with E-state index < -0.39 is 5.97 Å². The third kappa shape index (κ3) is 7.92. The summed E-state index contributed by atoms with van der Waals surface area (Å²) in [7, 11) is 8.10. The van der Waals surface area contributed by atoms with Gasteiger partial charge in [-0.1, -0.05) is 59.6 Å². The number of nitrogens with two attached hydrogens (primary N) is 1. The average Bonchev–Trinajstić information content (AvgIpc) is 2.82. The van der Waals surface area contributed by atoms with E-state index in [1.165, 1.54) is 11.1 Å². The highest BCUT2D eigenvalue weighted by molar-refractivity contribution is 6.33. The van der Waals surface area contributed by atoms with Gasteiger partial charge in [0, 0.05) is 23.1 Å². The highest BCUT2D eigenvalue weighted by Crippen LogP contribution is 2.29. The number of hydrogen-bond acceptors (Lipinski definition) is 4. The minimum Gasteiger partial charge on any atom is -0.481 e. The van der Waals surface area contributed by atoms with E-state index >= 15 is 0 Å². The number of primary amides is 1. The molecule has 200 valence electrons. The molecule has 0 fully saturated rings. The molecule has 0 aliphatic heterocycles. The quantitative estimate of drug-likeness (QED) is 0.289. The smallest absolute Gasteiger partial charge is 0.307 e. The van der Waals surface area contributed by atoms with Crippen LogP contribution in [0.4, 0.5) is 0 Å². The molecule has 0 heterocycles. The van der Waals surface area contributed by atoms with Gasteiger partial charge in [0.25, 0.3) is 0 Å². The number of rotatable bonds is 8. The van der Waals surface area contributed by atoms with Crippen molar-refractivity contribution in [3.63, 3.8) is 0 Å². The molecule has 0 bridgehead atoms. The summed E-state index contributed by atoms with van der Waals surface area (Å²) < 4.78 is 0. The van der Waals surface area contributed by atoms with E-state index in [0.29, 0.717) is 15.6 Å². The zero-order valence-corrected chi connectivity index (χ0v) is 23.6. The van der Waals surface area contributed by atoms with Gasteiger partial charge in [0.15, 0.2) is 0 Å². The Morgan fingerprint density at radius 3 is 1.50 bits per heavy atom. The molecule has 4 rings (SSSR count). The Bertz CT molecular complexity index is 1360. The van der Waals surface area contributed by atoms with Crippen LogP contribution in [0.5, 0.6) is 0 Å². The number of carbonyl (C=O) groups is 2. The van der Waals surface area contributed by atoms with E-state index in [0.717, 1.165) is 40.2 Å². The first-order valence-electron chi connectivity index (χ1n) is 12.1. The van der Waals surface area contributed by atoms with Gasteiger partial charge in [0.05, 0.1) is 12.8 Å². The van der Waals surface area contributed by atoms with Gasteiger partial charge >= 0.3 is 5.97 Å². The first-order chi connectivity index (χ1) is 17.9. The van der Waals surface area contributed by atoms with Gasteiger partial charge in [-0.3, -0.25) is 9.59 Å². The number of nitrogens with zero attached hydrogens (tertiary/aromatic N) is 2. The molecular weight excluding hydrogens is 521 g/mol. The molecule has 3 N–H and O–H groups in total. The van der Waals surface area contributed by atoms with Crippen molar-refractivity contribution in [2.24, 2.45) is 5.73 Å². The Labute approximate surface area is 233 Å². The van der Waals surface area contributed by atoms with Crippen LogP contribution >= 0.6 is 23.2 Å². The number of hydrogen-bond donors (Lipinski definition) is 2. The maximum atomic E-state index is 11.1. The van der Waals surface area contributed by atoms with Crippen LogP contribution in [0.1, 0.15) is 22.3 Å². The zero-order valence-electron chi connectivity index (χ0n) is 22.1. The fraction of sp³-hybridized carbons (Fsp3) is 0.267. The Balaban J connectivity index is 0.000000211. The Morgan fingerprint density at radius 2 is 1.13 bits per heavy atom. The number of carboxylic acid groups (broad SMARTS) is 1. The molecule has 0 radical (unpaired) electrons. The fourth-order valence-corrected chi connectivity index (χ4v) is 4.91. The second kappa shape index (κ2) is 13.1. The SMILES string of the molecule is CN(C)Cc1ccc2c(CC(=O)O)c(Cl)ccc2c1.CN(C)Cc1ccc2c(CC(N)=O)c(Cl)ccc2c1. The topological polar surface area (TPSA) is 86.9 Å². The molecule has 4 aromatic rings. The molecule has 0 saturated heterocycles. The van der Waals surface area contributed by atoms with Crippen LogP contribution in [0.25, 0.3) is 21.5 Å². The van der Waals surface area contributed by atoms with Crippen molar-refractivity contribution < 1.29 is 14.7 Å². The van der Waals surface area contributed by atoms with Crippen LogP contribution in [0.2, 0.25) is 10.0 Å². The van der Waals surface area contributed by atoms with Crippen LogP contribution < -0.4 is 5.73 Å². The van der Waals surface area contributed by atoms with E-state index in [9.17, 15) is 9.59 Å².